The summed E-state index contributed by atoms with van der Waals surface area (Å²) in [5, 5.41) is 9.88. The van der Waals surface area contributed by atoms with E-state index < -0.39 is 5.97 Å². The molecule has 0 aliphatic carbocycles. The summed E-state index contributed by atoms with van der Waals surface area (Å²) in [6.45, 7) is 5.97. The molecule has 1 heterocycles. The van der Waals surface area contributed by atoms with Crippen molar-refractivity contribution in [1.82, 2.24) is 9.88 Å². The molecule has 0 saturated carbocycles. The van der Waals surface area contributed by atoms with Gasteiger partial charge >= 0.3 is 5.97 Å². The van der Waals surface area contributed by atoms with Crippen LogP contribution in [-0.2, 0) is 0 Å². The van der Waals surface area contributed by atoms with Crippen LogP contribution in [0.1, 0.15) is 40.3 Å². The molecule has 0 bridgehead atoms. The minimum absolute atomic E-state index is 0.178. The first-order chi connectivity index (χ1) is 7.34. The molecule has 1 aromatic heterocycles. The Labute approximate surface area is 99.9 Å². The van der Waals surface area contributed by atoms with E-state index in [1.807, 2.05) is 14.1 Å². The zero-order valence-corrected chi connectivity index (χ0v) is 11.1. The first kappa shape index (κ1) is 13.1. The van der Waals surface area contributed by atoms with Gasteiger partial charge in [-0.3, -0.25) is 0 Å². The molecular weight excluding hydrogens is 224 g/mol. The minimum atomic E-state index is -0.887. The van der Waals surface area contributed by atoms with E-state index in [0.717, 1.165) is 5.01 Å². The maximum Gasteiger partial charge on any atom is 0.347 e. The summed E-state index contributed by atoms with van der Waals surface area (Å²) in [6.07, 6.45) is 0. The molecule has 5 heteroatoms. The van der Waals surface area contributed by atoms with Gasteiger partial charge in [0.05, 0.1) is 11.7 Å². The zero-order chi connectivity index (χ0) is 12.5. The molecule has 1 aromatic rings. The highest BCUT2D eigenvalue weighted by molar-refractivity contribution is 7.13. The fourth-order valence-corrected chi connectivity index (χ4v) is 3.12. The Bertz CT molecular complexity index is 377. The predicted molar refractivity (Wildman–Crippen MR) is 65.1 cm³/mol. The van der Waals surface area contributed by atoms with Crippen LogP contribution in [0.15, 0.2) is 0 Å². The van der Waals surface area contributed by atoms with Gasteiger partial charge in [0.15, 0.2) is 0 Å². The lowest BCUT2D eigenvalue weighted by molar-refractivity contribution is 0.0701. The highest BCUT2D eigenvalue weighted by Gasteiger charge is 2.24. The third-order valence-electron chi connectivity index (χ3n) is 2.45. The molecule has 90 valence electrons. The van der Waals surface area contributed by atoms with Gasteiger partial charge in [-0.1, -0.05) is 13.8 Å². The van der Waals surface area contributed by atoms with Crippen molar-refractivity contribution < 1.29 is 9.90 Å². The molecule has 0 aliphatic heterocycles. The Morgan fingerprint density at radius 1 is 1.44 bits per heavy atom. The fraction of sp³-hybridized carbons (Fsp3) is 0.636. The lowest BCUT2D eigenvalue weighted by atomic mass is 10.0. The minimum Gasteiger partial charge on any atom is -0.477 e. The first-order valence-corrected chi connectivity index (χ1v) is 6.03. The number of aromatic nitrogens is 1. The number of rotatable bonds is 4. The first-order valence-electron chi connectivity index (χ1n) is 5.21. The fourth-order valence-electron chi connectivity index (χ4n) is 1.84. The van der Waals surface area contributed by atoms with Crippen LogP contribution in [0.5, 0.6) is 0 Å². The van der Waals surface area contributed by atoms with E-state index >= 15 is 0 Å². The summed E-state index contributed by atoms with van der Waals surface area (Å²) in [5.41, 5.74) is 0.611. The van der Waals surface area contributed by atoms with Crippen molar-refractivity contribution in [3.8, 4) is 0 Å². The van der Waals surface area contributed by atoms with Gasteiger partial charge in [-0.05, 0) is 26.9 Å². The summed E-state index contributed by atoms with van der Waals surface area (Å²) < 4.78 is 0. The SMILES string of the molecule is Cc1nc(C(C(C)C)N(C)C)sc1C(=O)O. The van der Waals surface area contributed by atoms with E-state index in [-0.39, 0.29) is 6.04 Å². The van der Waals surface area contributed by atoms with Crippen LogP contribution in [0.25, 0.3) is 0 Å². The number of carbonyl (C=O) groups is 1. The molecule has 1 atom stereocenters. The number of aromatic carboxylic acids is 1. The van der Waals surface area contributed by atoms with Crippen molar-refractivity contribution in [3.05, 3.63) is 15.6 Å². The third kappa shape index (κ3) is 2.59. The van der Waals surface area contributed by atoms with Crippen molar-refractivity contribution >= 4 is 17.3 Å². The van der Waals surface area contributed by atoms with E-state index in [1.165, 1.54) is 11.3 Å². The Kier molecular flexibility index (Phi) is 4.04. The predicted octanol–water partition coefficient (Wildman–Crippen LogP) is 2.41. The second-order valence-corrected chi connectivity index (χ2v) is 5.45. The van der Waals surface area contributed by atoms with E-state index in [0.29, 0.717) is 16.5 Å². The molecule has 4 nitrogen and oxygen atoms in total. The number of hydrogen-bond donors (Lipinski definition) is 1. The van der Waals surface area contributed by atoms with Gasteiger partial charge in [-0.25, -0.2) is 9.78 Å². The second-order valence-electron chi connectivity index (χ2n) is 4.42. The van der Waals surface area contributed by atoms with Gasteiger partial charge in [-0.15, -0.1) is 11.3 Å². The van der Waals surface area contributed by atoms with Crippen LogP contribution in [0, 0.1) is 12.8 Å². The topological polar surface area (TPSA) is 53.4 Å². The lowest BCUT2D eigenvalue weighted by Crippen LogP contribution is -2.24. The van der Waals surface area contributed by atoms with Gasteiger partial charge in [0.2, 0.25) is 0 Å². The van der Waals surface area contributed by atoms with Crippen molar-refractivity contribution in [2.75, 3.05) is 14.1 Å². The number of carboxylic acid groups (broad SMARTS) is 1. The van der Waals surface area contributed by atoms with Crippen LogP contribution in [-0.4, -0.2) is 35.1 Å². The van der Waals surface area contributed by atoms with E-state index in [2.05, 4.69) is 23.7 Å². The molecule has 0 saturated heterocycles. The van der Waals surface area contributed by atoms with Crippen molar-refractivity contribution in [2.24, 2.45) is 5.92 Å². The summed E-state index contributed by atoms with van der Waals surface area (Å²) in [4.78, 5) is 17.8. The van der Waals surface area contributed by atoms with Gasteiger partial charge in [0, 0.05) is 0 Å². The summed E-state index contributed by atoms with van der Waals surface area (Å²) in [6, 6.07) is 0.178. The Hall–Kier alpha value is -0.940. The molecule has 1 N–H and O–H groups in total. The molecule has 0 aliphatic rings. The summed E-state index contributed by atoms with van der Waals surface area (Å²) in [7, 11) is 3.98. The van der Waals surface area contributed by atoms with Crippen LogP contribution < -0.4 is 0 Å². The highest BCUT2D eigenvalue weighted by Crippen LogP contribution is 2.31. The summed E-state index contributed by atoms with van der Waals surface area (Å²) >= 11 is 1.28. The molecule has 0 aromatic carbocycles. The molecule has 1 rings (SSSR count). The van der Waals surface area contributed by atoms with Crippen LogP contribution >= 0.6 is 11.3 Å². The monoisotopic (exact) mass is 242 g/mol. The average Bonchev–Trinajstić information content (AvgIpc) is 2.45. The van der Waals surface area contributed by atoms with Gasteiger partial charge in [0.25, 0.3) is 0 Å². The van der Waals surface area contributed by atoms with Gasteiger partial charge in [0.1, 0.15) is 9.88 Å². The largest absolute Gasteiger partial charge is 0.477 e. The smallest absolute Gasteiger partial charge is 0.347 e. The van der Waals surface area contributed by atoms with Crippen molar-refractivity contribution in [2.45, 2.75) is 26.8 Å². The Morgan fingerprint density at radius 2 is 2.00 bits per heavy atom. The number of carboxylic acids is 1. The molecule has 0 fully saturated rings. The standard InChI is InChI=1S/C11H18N2O2S/c1-6(2)8(13(4)5)10-12-7(3)9(16-10)11(14)15/h6,8H,1-5H3,(H,14,15). The van der Waals surface area contributed by atoms with Crippen LogP contribution in [0.4, 0.5) is 0 Å². The average molecular weight is 242 g/mol. The number of aryl methyl sites for hydroxylation is 1. The maximum atomic E-state index is 11.0. The van der Waals surface area contributed by atoms with Crippen molar-refractivity contribution in [1.29, 1.82) is 0 Å². The maximum absolute atomic E-state index is 11.0. The van der Waals surface area contributed by atoms with E-state index in [4.69, 9.17) is 5.11 Å². The van der Waals surface area contributed by atoms with E-state index in [9.17, 15) is 4.79 Å². The van der Waals surface area contributed by atoms with Crippen LogP contribution in [0.2, 0.25) is 0 Å². The highest BCUT2D eigenvalue weighted by atomic mass is 32.1. The molecule has 0 spiro atoms. The molecular formula is C11H18N2O2S. The second kappa shape index (κ2) is 4.93. The molecule has 16 heavy (non-hydrogen) atoms. The molecule has 0 amide bonds. The van der Waals surface area contributed by atoms with E-state index in [1.54, 1.807) is 6.92 Å². The number of nitrogens with zero attached hydrogens (tertiary/aromatic N) is 2. The number of thiazole rings is 1. The van der Waals surface area contributed by atoms with Crippen molar-refractivity contribution in [3.63, 3.8) is 0 Å². The molecule has 1 unspecified atom stereocenters. The number of hydrogen-bond acceptors (Lipinski definition) is 4. The van der Waals surface area contributed by atoms with Gasteiger partial charge < -0.3 is 10.0 Å². The lowest BCUT2D eigenvalue weighted by Gasteiger charge is -2.25. The summed E-state index contributed by atoms with van der Waals surface area (Å²) in [5.74, 6) is -0.482. The zero-order valence-electron chi connectivity index (χ0n) is 10.3. The Balaban J connectivity index is 3.12. The third-order valence-corrected chi connectivity index (χ3v) is 3.66. The Morgan fingerprint density at radius 3 is 2.31 bits per heavy atom. The van der Waals surface area contributed by atoms with Gasteiger partial charge in [-0.2, -0.15) is 0 Å². The quantitative estimate of drug-likeness (QED) is 0.881. The normalized spacial score (nSPS) is 13.4. The molecule has 0 radical (unpaired) electrons. The van der Waals surface area contributed by atoms with Crippen LogP contribution in [0.3, 0.4) is 0 Å².